The summed E-state index contributed by atoms with van der Waals surface area (Å²) in [7, 11) is 0. The molecule has 160 valence electrons. The number of carboxylic acid groups (broad SMARTS) is 2. The van der Waals surface area contributed by atoms with E-state index in [1.807, 2.05) is 0 Å². The average Bonchev–Trinajstić information content (AvgIpc) is 2.60. The summed E-state index contributed by atoms with van der Waals surface area (Å²) in [5, 5.41) is 21.2. The van der Waals surface area contributed by atoms with Crippen LogP contribution in [0.15, 0.2) is 0 Å². The first-order chi connectivity index (χ1) is 13.1. The number of hydrogen-bond acceptors (Lipinski definition) is 5. The maximum Gasteiger partial charge on any atom is 1.00 e. The first-order valence-corrected chi connectivity index (χ1v) is 11.2. The molecule has 0 aliphatic rings. The van der Waals surface area contributed by atoms with Crippen molar-refractivity contribution in [2.24, 2.45) is 0 Å². The predicted molar refractivity (Wildman–Crippen MR) is 106 cm³/mol. The van der Waals surface area contributed by atoms with E-state index in [1.54, 1.807) is 0 Å². The molecule has 0 aliphatic heterocycles. The van der Waals surface area contributed by atoms with Gasteiger partial charge in [0.1, 0.15) is 0 Å². The molecule has 0 atom stereocenters. The number of hydrogen-bond donors (Lipinski definition) is 0. The molecule has 0 saturated carbocycles. The van der Waals surface area contributed by atoms with Gasteiger partial charge in [-0.25, -0.2) is 0 Å². The normalized spacial score (nSPS) is 10.4. The minimum atomic E-state index is -1.24. The van der Waals surface area contributed by atoms with Crippen molar-refractivity contribution in [2.45, 2.75) is 110 Å². The Kier molecular flexibility index (Phi) is 32.1. The van der Waals surface area contributed by atoms with Crippen LogP contribution in [-0.2, 0) is 9.59 Å². The Hall–Kier alpha value is 0.900. The van der Waals surface area contributed by atoms with Gasteiger partial charge in [-0.2, -0.15) is 0 Å². The van der Waals surface area contributed by atoms with Gasteiger partial charge in [0.05, 0.1) is 11.9 Å². The molecule has 5 nitrogen and oxygen atoms in total. The third kappa shape index (κ3) is 28.9. The van der Waals surface area contributed by atoms with E-state index < -0.39 is 11.9 Å². The molecule has 0 unspecified atom stereocenters. The summed E-state index contributed by atoms with van der Waals surface area (Å²) in [5.41, 5.74) is 0. The predicted octanol–water partition coefficient (Wildman–Crippen LogP) is -2.94. The van der Waals surface area contributed by atoms with Crippen molar-refractivity contribution in [3.63, 3.8) is 0 Å². The van der Waals surface area contributed by atoms with E-state index in [1.165, 1.54) is 88.4 Å². The van der Waals surface area contributed by atoms with Gasteiger partial charge in [-0.3, -0.25) is 4.90 Å². The van der Waals surface area contributed by atoms with Gasteiger partial charge in [0.2, 0.25) is 0 Å². The molecule has 0 amide bonds. The second-order valence-corrected chi connectivity index (χ2v) is 7.76. The second-order valence-electron chi connectivity index (χ2n) is 7.76. The number of aliphatic carboxylic acids is 2. The molecule has 0 aliphatic carbocycles. The van der Waals surface area contributed by atoms with Crippen LogP contribution in [0, 0.1) is 0 Å². The van der Waals surface area contributed by atoms with Gasteiger partial charge in [0.15, 0.2) is 0 Å². The van der Waals surface area contributed by atoms with Gasteiger partial charge in [-0.15, -0.1) is 0 Å². The Morgan fingerprint density at radius 3 is 1.10 bits per heavy atom. The Bertz CT molecular complexity index is 355. The zero-order valence-electron chi connectivity index (χ0n) is 19.5. The number of carboxylic acids is 2. The Labute approximate surface area is 223 Å². The van der Waals surface area contributed by atoms with Crippen molar-refractivity contribution in [1.29, 1.82) is 0 Å². The third-order valence-corrected chi connectivity index (χ3v) is 5.03. The maximum absolute atomic E-state index is 10.6. The minimum Gasteiger partial charge on any atom is -0.549 e. The van der Waals surface area contributed by atoms with Crippen LogP contribution in [0.25, 0.3) is 0 Å². The molecule has 0 aromatic rings. The van der Waals surface area contributed by atoms with Gasteiger partial charge in [0.25, 0.3) is 0 Å². The summed E-state index contributed by atoms with van der Waals surface area (Å²) in [5.74, 6) is -2.49. The zero-order valence-corrected chi connectivity index (χ0v) is 23.5. The van der Waals surface area contributed by atoms with Gasteiger partial charge < -0.3 is 19.8 Å². The second kappa shape index (κ2) is 26.9. The van der Waals surface area contributed by atoms with Gasteiger partial charge in [0, 0.05) is 13.1 Å². The van der Waals surface area contributed by atoms with Crippen LogP contribution in [-0.4, -0.2) is 36.5 Å². The number of rotatable bonds is 21. The summed E-state index contributed by atoms with van der Waals surface area (Å²) in [6, 6.07) is 0. The molecule has 0 spiro atoms. The van der Waals surface area contributed by atoms with Gasteiger partial charge in [-0.05, 0) is 13.0 Å². The molecule has 0 fully saturated rings. The average molecular weight is 430 g/mol. The largest absolute Gasteiger partial charge is 1.00 e. The molecule has 0 rings (SSSR count). The smallest absolute Gasteiger partial charge is 0.549 e. The van der Waals surface area contributed by atoms with Crippen molar-refractivity contribution in [3.8, 4) is 0 Å². The van der Waals surface area contributed by atoms with E-state index in [4.69, 9.17) is 0 Å². The zero-order chi connectivity index (χ0) is 20.2. The molecular formula is C22H41NNa2O4. The standard InChI is InChI=1S/C22H43NO4.2Na/c1-2-3-4-5-6-7-8-9-10-11-12-13-14-15-16-17-18-23(19-21(24)25)20-22(26)27;;/h2-20H2,1H3,(H,24,25)(H,26,27);;/q;2*+1/p-2. The number of nitrogens with zero attached hydrogens (tertiary/aromatic N) is 1. The Morgan fingerprint density at radius 1 is 0.552 bits per heavy atom. The molecule has 0 bridgehead atoms. The van der Waals surface area contributed by atoms with E-state index in [0.29, 0.717) is 6.54 Å². The number of carbonyl (C=O) groups excluding carboxylic acids is 2. The van der Waals surface area contributed by atoms with Gasteiger partial charge in [-0.1, -0.05) is 103 Å². The third-order valence-electron chi connectivity index (χ3n) is 5.03. The number of unbranched alkanes of at least 4 members (excludes halogenated alkanes) is 15. The maximum atomic E-state index is 10.6. The number of carbonyl (C=O) groups is 2. The summed E-state index contributed by atoms with van der Waals surface area (Å²) in [4.78, 5) is 22.6. The molecular weight excluding hydrogens is 388 g/mol. The molecule has 0 aromatic heterocycles. The quantitative estimate of drug-likeness (QED) is 0.144. The first kappa shape index (κ1) is 34.5. The van der Waals surface area contributed by atoms with Crippen LogP contribution in [0.5, 0.6) is 0 Å². The minimum absolute atomic E-state index is 0. The van der Waals surface area contributed by atoms with Crippen LogP contribution < -0.4 is 69.3 Å². The van der Waals surface area contributed by atoms with E-state index in [9.17, 15) is 19.8 Å². The van der Waals surface area contributed by atoms with E-state index >= 15 is 0 Å². The summed E-state index contributed by atoms with van der Waals surface area (Å²) in [6.45, 7) is 2.05. The fourth-order valence-electron chi connectivity index (χ4n) is 3.46. The SMILES string of the molecule is CCCCCCCCCCCCCCCCCCN(CC(=O)[O-])CC(=O)[O-].[Na+].[Na+]. The van der Waals surface area contributed by atoms with E-state index in [2.05, 4.69) is 6.92 Å². The Morgan fingerprint density at radius 2 is 0.828 bits per heavy atom. The molecule has 29 heavy (non-hydrogen) atoms. The van der Waals surface area contributed by atoms with Crippen LogP contribution >= 0.6 is 0 Å². The fourth-order valence-corrected chi connectivity index (χ4v) is 3.46. The molecule has 0 N–H and O–H groups in total. The van der Waals surface area contributed by atoms with Crippen LogP contribution in [0.4, 0.5) is 0 Å². The molecule has 0 radical (unpaired) electrons. The molecule has 0 heterocycles. The first-order valence-electron chi connectivity index (χ1n) is 11.2. The van der Waals surface area contributed by atoms with E-state index in [0.717, 1.165) is 19.3 Å². The molecule has 0 aromatic carbocycles. The Balaban J connectivity index is -0.00000338. The summed E-state index contributed by atoms with van der Waals surface area (Å²) >= 11 is 0. The van der Waals surface area contributed by atoms with Crippen molar-refractivity contribution < 1.29 is 78.9 Å². The van der Waals surface area contributed by atoms with Crippen LogP contribution in [0.3, 0.4) is 0 Å². The fraction of sp³-hybridized carbons (Fsp3) is 0.909. The van der Waals surface area contributed by atoms with Crippen LogP contribution in [0.1, 0.15) is 110 Å². The monoisotopic (exact) mass is 429 g/mol. The molecule has 0 saturated heterocycles. The van der Waals surface area contributed by atoms with Crippen molar-refractivity contribution >= 4 is 11.9 Å². The molecule has 7 heteroatoms. The van der Waals surface area contributed by atoms with Gasteiger partial charge >= 0.3 is 59.1 Å². The van der Waals surface area contributed by atoms with Crippen molar-refractivity contribution in [1.82, 2.24) is 4.90 Å². The topological polar surface area (TPSA) is 83.5 Å². The van der Waals surface area contributed by atoms with Crippen molar-refractivity contribution in [2.75, 3.05) is 19.6 Å². The van der Waals surface area contributed by atoms with Crippen LogP contribution in [0.2, 0.25) is 0 Å². The summed E-state index contributed by atoms with van der Waals surface area (Å²) in [6.07, 6.45) is 20.5. The summed E-state index contributed by atoms with van der Waals surface area (Å²) < 4.78 is 0. The van der Waals surface area contributed by atoms with E-state index in [-0.39, 0.29) is 72.2 Å². The van der Waals surface area contributed by atoms with Crippen molar-refractivity contribution in [3.05, 3.63) is 0 Å².